The van der Waals surface area contributed by atoms with Gasteiger partial charge in [-0.2, -0.15) is 0 Å². The SMILES string of the molecule is C=C(C)C(=O)OCCOC(=O)C1=C(C(=O)OC)[C@]2(C)C(C)=C(C)[C@]12C. The van der Waals surface area contributed by atoms with Gasteiger partial charge in [-0.15, -0.1) is 0 Å². The molecule has 2 aliphatic rings. The van der Waals surface area contributed by atoms with Crippen LogP contribution in [0.1, 0.15) is 34.6 Å². The standard InChI is InChI=1S/C19H24O6/c1-10(2)15(20)24-8-9-25-17(22)14-13(16(21)23-7)18(5)11(3)12(4)19(14,18)6/h1,8-9H2,2-7H3/t18-,19+/m0/s1. The molecule has 0 N–H and O–H groups in total. The maximum absolute atomic E-state index is 12.6. The molecule has 0 aromatic rings. The zero-order valence-corrected chi connectivity index (χ0v) is 15.6. The lowest BCUT2D eigenvalue weighted by Gasteiger charge is -2.65. The molecule has 0 unspecified atom stereocenters. The second kappa shape index (κ2) is 6.17. The number of esters is 3. The van der Waals surface area contributed by atoms with Crippen LogP contribution in [0.3, 0.4) is 0 Å². The van der Waals surface area contributed by atoms with Crippen molar-refractivity contribution in [1.29, 1.82) is 0 Å². The Labute approximate surface area is 147 Å². The van der Waals surface area contributed by atoms with Gasteiger partial charge in [0.25, 0.3) is 0 Å². The average molecular weight is 348 g/mol. The van der Waals surface area contributed by atoms with Gasteiger partial charge in [0.2, 0.25) is 0 Å². The largest absolute Gasteiger partial charge is 0.466 e. The van der Waals surface area contributed by atoms with Gasteiger partial charge in [0.15, 0.2) is 0 Å². The van der Waals surface area contributed by atoms with E-state index in [0.29, 0.717) is 11.1 Å². The highest BCUT2D eigenvalue weighted by atomic mass is 16.6. The van der Waals surface area contributed by atoms with Crippen molar-refractivity contribution in [1.82, 2.24) is 0 Å². The van der Waals surface area contributed by atoms with E-state index in [0.717, 1.165) is 11.1 Å². The molecule has 136 valence electrons. The van der Waals surface area contributed by atoms with E-state index >= 15 is 0 Å². The highest BCUT2D eigenvalue weighted by Gasteiger charge is 2.71. The highest BCUT2D eigenvalue weighted by Crippen LogP contribution is 2.75. The number of carbonyl (C=O) groups is 3. The molecule has 0 aromatic carbocycles. The van der Waals surface area contributed by atoms with Crippen molar-refractivity contribution in [2.75, 3.05) is 20.3 Å². The minimum absolute atomic E-state index is 0.0693. The Balaban J connectivity index is 2.15. The number of methoxy groups -OCH3 is 1. The van der Waals surface area contributed by atoms with Gasteiger partial charge in [0.1, 0.15) is 13.2 Å². The molecule has 0 saturated heterocycles. The summed E-state index contributed by atoms with van der Waals surface area (Å²) in [5.74, 6) is -1.65. The van der Waals surface area contributed by atoms with Crippen LogP contribution in [-0.4, -0.2) is 38.2 Å². The Hall–Kier alpha value is -2.37. The normalized spacial score (nSPS) is 27.0. The number of allylic oxidation sites excluding steroid dienone is 2. The maximum Gasteiger partial charge on any atom is 0.335 e. The topological polar surface area (TPSA) is 78.9 Å². The van der Waals surface area contributed by atoms with E-state index in [9.17, 15) is 14.4 Å². The van der Waals surface area contributed by atoms with E-state index in [-0.39, 0.29) is 18.8 Å². The van der Waals surface area contributed by atoms with Crippen molar-refractivity contribution < 1.29 is 28.6 Å². The lowest BCUT2D eigenvalue weighted by atomic mass is 9.35. The first-order valence-electron chi connectivity index (χ1n) is 8.06. The van der Waals surface area contributed by atoms with Gasteiger partial charge < -0.3 is 14.2 Å². The Bertz CT molecular complexity index is 741. The van der Waals surface area contributed by atoms with E-state index in [2.05, 4.69) is 6.58 Å². The van der Waals surface area contributed by atoms with Crippen LogP contribution >= 0.6 is 0 Å². The second-order valence-corrected chi connectivity index (χ2v) is 6.79. The predicted molar refractivity (Wildman–Crippen MR) is 90.4 cm³/mol. The molecule has 0 heterocycles. The number of carbonyl (C=O) groups excluding carboxylic acids is 3. The molecule has 2 aliphatic carbocycles. The van der Waals surface area contributed by atoms with Gasteiger partial charge in [0.05, 0.1) is 18.3 Å². The van der Waals surface area contributed by atoms with Crippen LogP contribution in [0.5, 0.6) is 0 Å². The Morgan fingerprint density at radius 2 is 1.36 bits per heavy atom. The summed E-state index contributed by atoms with van der Waals surface area (Å²) >= 11 is 0. The molecule has 6 heteroatoms. The van der Waals surface area contributed by atoms with Crippen LogP contribution in [0.4, 0.5) is 0 Å². The summed E-state index contributed by atoms with van der Waals surface area (Å²) < 4.78 is 15.0. The molecular formula is C19H24O6. The summed E-state index contributed by atoms with van der Waals surface area (Å²) in [5, 5.41) is 0. The van der Waals surface area contributed by atoms with Crippen molar-refractivity contribution in [2.24, 2.45) is 10.8 Å². The summed E-state index contributed by atoms with van der Waals surface area (Å²) in [6.45, 7) is 12.6. The van der Waals surface area contributed by atoms with E-state index in [1.165, 1.54) is 14.0 Å². The quantitative estimate of drug-likeness (QED) is 0.241. The lowest BCUT2D eigenvalue weighted by molar-refractivity contribution is -0.151. The number of fused-ring (bicyclic) bond motifs is 1. The van der Waals surface area contributed by atoms with Gasteiger partial charge in [0, 0.05) is 16.4 Å². The summed E-state index contributed by atoms with van der Waals surface area (Å²) in [5.41, 5.74) is 2.04. The first kappa shape index (κ1) is 19.0. The van der Waals surface area contributed by atoms with Gasteiger partial charge >= 0.3 is 17.9 Å². The fourth-order valence-electron chi connectivity index (χ4n) is 3.93. The van der Waals surface area contributed by atoms with Crippen LogP contribution in [0.25, 0.3) is 0 Å². The minimum atomic E-state index is -0.585. The summed E-state index contributed by atoms with van der Waals surface area (Å²) in [6, 6.07) is 0. The van der Waals surface area contributed by atoms with Gasteiger partial charge in [-0.05, 0) is 20.8 Å². The van der Waals surface area contributed by atoms with Crippen molar-refractivity contribution in [3.05, 3.63) is 34.4 Å². The molecule has 25 heavy (non-hydrogen) atoms. The third-order valence-corrected chi connectivity index (χ3v) is 5.80. The summed E-state index contributed by atoms with van der Waals surface area (Å²) in [4.78, 5) is 36.1. The maximum atomic E-state index is 12.6. The van der Waals surface area contributed by atoms with E-state index < -0.39 is 28.7 Å². The van der Waals surface area contributed by atoms with Crippen LogP contribution in [0.15, 0.2) is 34.4 Å². The van der Waals surface area contributed by atoms with E-state index in [4.69, 9.17) is 14.2 Å². The third-order valence-electron chi connectivity index (χ3n) is 5.80. The lowest BCUT2D eigenvalue weighted by Crippen LogP contribution is -2.62. The zero-order valence-electron chi connectivity index (χ0n) is 15.6. The van der Waals surface area contributed by atoms with Crippen LogP contribution < -0.4 is 0 Å². The van der Waals surface area contributed by atoms with Gasteiger partial charge in [-0.1, -0.05) is 31.6 Å². The van der Waals surface area contributed by atoms with E-state index in [1.807, 2.05) is 27.7 Å². The van der Waals surface area contributed by atoms with Crippen LogP contribution in [0.2, 0.25) is 0 Å². The molecule has 0 amide bonds. The molecule has 0 aliphatic heterocycles. The second-order valence-electron chi connectivity index (χ2n) is 6.79. The Morgan fingerprint density at radius 1 is 0.920 bits per heavy atom. The molecule has 0 saturated carbocycles. The van der Waals surface area contributed by atoms with Crippen molar-refractivity contribution in [2.45, 2.75) is 34.6 Å². The van der Waals surface area contributed by atoms with E-state index in [1.54, 1.807) is 0 Å². The molecule has 2 atom stereocenters. The number of ether oxygens (including phenoxy) is 3. The number of hydrogen-bond acceptors (Lipinski definition) is 6. The molecule has 0 spiro atoms. The summed E-state index contributed by atoms with van der Waals surface area (Å²) in [6.07, 6.45) is 0. The highest BCUT2D eigenvalue weighted by molar-refractivity contribution is 6.09. The predicted octanol–water partition coefficient (Wildman–Crippen LogP) is 2.49. The third kappa shape index (κ3) is 2.34. The van der Waals surface area contributed by atoms with Crippen molar-refractivity contribution in [3.8, 4) is 0 Å². The first-order valence-corrected chi connectivity index (χ1v) is 8.06. The number of rotatable bonds is 6. The van der Waals surface area contributed by atoms with Gasteiger partial charge in [-0.3, -0.25) is 0 Å². The minimum Gasteiger partial charge on any atom is -0.466 e. The van der Waals surface area contributed by atoms with Crippen LogP contribution in [0, 0.1) is 10.8 Å². The molecule has 6 nitrogen and oxygen atoms in total. The molecule has 0 aromatic heterocycles. The van der Waals surface area contributed by atoms with Crippen molar-refractivity contribution in [3.63, 3.8) is 0 Å². The Morgan fingerprint density at radius 3 is 1.80 bits per heavy atom. The fourth-order valence-corrected chi connectivity index (χ4v) is 3.93. The number of hydrogen-bond donors (Lipinski definition) is 0. The molecule has 0 bridgehead atoms. The van der Waals surface area contributed by atoms with Crippen LogP contribution in [-0.2, 0) is 28.6 Å². The molecule has 0 fully saturated rings. The summed E-state index contributed by atoms with van der Waals surface area (Å²) in [7, 11) is 1.29. The Kier molecular flexibility index (Phi) is 4.68. The average Bonchev–Trinajstić information content (AvgIpc) is 2.58. The molecule has 2 rings (SSSR count). The first-order chi connectivity index (χ1) is 11.5. The van der Waals surface area contributed by atoms with Crippen molar-refractivity contribution >= 4 is 17.9 Å². The fraction of sp³-hybridized carbons (Fsp3) is 0.526. The smallest absolute Gasteiger partial charge is 0.335 e. The zero-order chi connectivity index (χ0) is 19.2. The van der Waals surface area contributed by atoms with Gasteiger partial charge in [-0.25, -0.2) is 14.4 Å². The monoisotopic (exact) mass is 348 g/mol. The molecule has 0 radical (unpaired) electrons. The molecular weight excluding hydrogens is 324 g/mol.